The van der Waals surface area contributed by atoms with Crippen LogP contribution in [0.4, 0.5) is 5.69 Å². The maximum Gasteiger partial charge on any atom is 0.337 e. The van der Waals surface area contributed by atoms with Gasteiger partial charge in [0.05, 0.1) is 18.4 Å². The number of nitrogen functional groups attached to an aromatic ring is 1. The third-order valence-corrected chi connectivity index (χ3v) is 2.95. The number of likely N-dealkylation sites (N-methyl/N-ethyl adjacent to an activating group) is 1. The first-order valence-electron chi connectivity index (χ1n) is 6.23. The van der Waals surface area contributed by atoms with Crippen LogP contribution >= 0.6 is 0 Å². The highest BCUT2D eigenvalue weighted by molar-refractivity contribution is 5.90. The molecule has 1 aromatic carbocycles. The second kappa shape index (κ2) is 6.79. The molecule has 0 aromatic heterocycles. The van der Waals surface area contributed by atoms with Gasteiger partial charge in [0, 0.05) is 13.1 Å². The zero-order valence-corrected chi connectivity index (χ0v) is 12.2. The summed E-state index contributed by atoms with van der Waals surface area (Å²) in [6.45, 7) is 3.68. The largest absolute Gasteiger partial charge is 0.482 e. The molecule has 0 spiro atoms. The van der Waals surface area contributed by atoms with Crippen molar-refractivity contribution in [1.29, 1.82) is 0 Å². The highest BCUT2D eigenvalue weighted by Crippen LogP contribution is 2.23. The van der Waals surface area contributed by atoms with Crippen LogP contribution in [0.5, 0.6) is 5.75 Å². The molecule has 0 heterocycles. The van der Waals surface area contributed by atoms with Gasteiger partial charge in [0.1, 0.15) is 5.75 Å². The Bertz CT molecular complexity index is 500. The lowest BCUT2D eigenvalue weighted by atomic mass is 10.2. The molecule has 0 unspecified atom stereocenters. The summed E-state index contributed by atoms with van der Waals surface area (Å²) in [5, 5.41) is 0. The van der Waals surface area contributed by atoms with E-state index in [9.17, 15) is 9.59 Å². The van der Waals surface area contributed by atoms with E-state index in [-0.39, 0.29) is 18.6 Å². The number of benzene rings is 1. The van der Waals surface area contributed by atoms with Gasteiger partial charge in [0.2, 0.25) is 0 Å². The number of carbonyl (C=O) groups excluding carboxylic acids is 2. The van der Waals surface area contributed by atoms with Crippen LogP contribution in [0.3, 0.4) is 0 Å². The summed E-state index contributed by atoms with van der Waals surface area (Å²) in [7, 11) is 2.99. The molecule has 20 heavy (non-hydrogen) atoms. The Balaban J connectivity index is 2.77. The van der Waals surface area contributed by atoms with E-state index in [0.29, 0.717) is 17.0 Å². The molecule has 0 radical (unpaired) electrons. The molecule has 0 bridgehead atoms. The topological polar surface area (TPSA) is 81.9 Å². The van der Waals surface area contributed by atoms with Crippen LogP contribution in [-0.4, -0.2) is 43.6 Å². The van der Waals surface area contributed by atoms with Gasteiger partial charge < -0.3 is 20.1 Å². The molecule has 0 saturated heterocycles. The van der Waals surface area contributed by atoms with E-state index in [1.54, 1.807) is 11.9 Å². The molecule has 0 aliphatic carbocycles. The number of methoxy groups -OCH3 is 1. The van der Waals surface area contributed by atoms with Crippen LogP contribution in [0.1, 0.15) is 24.2 Å². The Morgan fingerprint density at radius 1 is 1.35 bits per heavy atom. The lowest BCUT2D eigenvalue weighted by Crippen LogP contribution is -2.36. The molecule has 6 heteroatoms. The van der Waals surface area contributed by atoms with Crippen molar-refractivity contribution in [2.75, 3.05) is 26.5 Å². The monoisotopic (exact) mass is 280 g/mol. The fourth-order valence-corrected chi connectivity index (χ4v) is 1.43. The van der Waals surface area contributed by atoms with E-state index in [2.05, 4.69) is 4.74 Å². The molecule has 0 atom stereocenters. The fraction of sp³-hybridized carbons (Fsp3) is 0.429. The maximum absolute atomic E-state index is 11.8. The minimum absolute atomic E-state index is 0.0878. The van der Waals surface area contributed by atoms with Gasteiger partial charge in [-0.05, 0) is 32.0 Å². The van der Waals surface area contributed by atoms with Gasteiger partial charge in [-0.2, -0.15) is 0 Å². The molecule has 0 fully saturated rings. The second-order valence-corrected chi connectivity index (χ2v) is 4.63. The van der Waals surface area contributed by atoms with Gasteiger partial charge in [-0.15, -0.1) is 0 Å². The molecule has 1 amide bonds. The van der Waals surface area contributed by atoms with E-state index in [1.165, 1.54) is 25.3 Å². The van der Waals surface area contributed by atoms with Crippen molar-refractivity contribution in [2.45, 2.75) is 19.9 Å². The summed E-state index contributed by atoms with van der Waals surface area (Å²) in [6.07, 6.45) is 0. The average Bonchev–Trinajstić information content (AvgIpc) is 2.44. The molecule has 2 N–H and O–H groups in total. The third kappa shape index (κ3) is 3.88. The van der Waals surface area contributed by atoms with E-state index in [1.807, 2.05) is 13.8 Å². The Morgan fingerprint density at radius 2 is 2.00 bits per heavy atom. The first kappa shape index (κ1) is 15.8. The molecule has 1 aromatic rings. The minimum atomic E-state index is -0.486. The van der Waals surface area contributed by atoms with E-state index in [0.717, 1.165) is 0 Å². The molecule has 0 aliphatic heterocycles. The third-order valence-electron chi connectivity index (χ3n) is 2.95. The number of nitrogens with zero attached hydrogens (tertiary/aromatic N) is 1. The van der Waals surface area contributed by atoms with Gasteiger partial charge in [0.15, 0.2) is 6.61 Å². The van der Waals surface area contributed by atoms with Gasteiger partial charge in [-0.3, -0.25) is 4.79 Å². The van der Waals surface area contributed by atoms with Crippen LogP contribution in [0, 0.1) is 0 Å². The SMILES string of the molecule is COC(=O)c1ccc(N)c(OCC(=O)N(C)C(C)C)c1. The summed E-state index contributed by atoms with van der Waals surface area (Å²) in [6, 6.07) is 4.63. The summed E-state index contributed by atoms with van der Waals surface area (Å²) in [4.78, 5) is 24.8. The zero-order valence-electron chi connectivity index (χ0n) is 12.2. The van der Waals surface area contributed by atoms with Crippen molar-refractivity contribution in [3.8, 4) is 5.75 Å². The molecule has 0 saturated carbocycles. The number of hydrogen-bond donors (Lipinski definition) is 1. The Hall–Kier alpha value is -2.24. The second-order valence-electron chi connectivity index (χ2n) is 4.63. The number of carbonyl (C=O) groups is 2. The first-order chi connectivity index (χ1) is 9.36. The van der Waals surface area contributed by atoms with Crippen molar-refractivity contribution in [2.24, 2.45) is 0 Å². The molecular formula is C14H20N2O4. The molecule has 0 aliphatic rings. The highest BCUT2D eigenvalue weighted by atomic mass is 16.5. The van der Waals surface area contributed by atoms with Crippen molar-refractivity contribution in [3.63, 3.8) is 0 Å². The van der Waals surface area contributed by atoms with Gasteiger partial charge >= 0.3 is 5.97 Å². The Labute approximate surface area is 118 Å². The van der Waals surface area contributed by atoms with Crippen molar-refractivity contribution >= 4 is 17.6 Å². The number of nitrogens with two attached hydrogens (primary N) is 1. The van der Waals surface area contributed by atoms with Gasteiger partial charge in [0.25, 0.3) is 5.91 Å². The van der Waals surface area contributed by atoms with Crippen LogP contribution < -0.4 is 10.5 Å². The summed E-state index contributed by atoms with van der Waals surface area (Å²) in [5.41, 5.74) is 6.43. The smallest absolute Gasteiger partial charge is 0.337 e. The van der Waals surface area contributed by atoms with E-state index in [4.69, 9.17) is 10.5 Å². The number of esters is 1. The average molecular weight is 280 g/mol. The summed E-state index contributed by atoms with van der Waals surface area (Å²) in [5.74, 6) is -0.359. The van der Waals surface area contributed by atoms with Crippen LogP contribution in [-0.2, 0) is 9.53 Å². The normalized spacial score (nSPS) is 10.2. The number of hydrogen-bond acceptors (Lipinski definition) is 5. The van der Waals surface area contributed by atoms with Crippen molar-refractivity contribution < 1.29 is 19.1 Å². The lowest BCUT2D eigenvalue weighted by Gasteiger charge is -2.21. The predicted octanol–water partition coefficient (Wildman–Crippen LogP) is 1.30. The van der Waals surface area contributed by atoms with Crippen LogP contribution in [0.2, 0.25) is 0 Å². The standard InChI is InChI=1S/C14H20N2O4/c1-9(2)16(3)13(17)8-20-12-7-10(14(18)19-4)5-6-11(12)15/h5-7,9H,8,15H2,1-4H3. The number of rotatable bonds is 5. The number of anilines is 1. The number of amides is 1. The Morgan fingerprint density at radius 3 is 2.55 bits per heavy atom. The fourth-order valence-electron chi connectivity index (χ4n) is 1.43. The first-order valence-corrected chi connectivity index (χ1v) is 6.23. The van der Waals surface area contributed by atoms with Gasteiger partial charge in [-0.1, -0.05) is 0 Å². The van der Waals surface area contributed by atoms with Crippen molar-refractivity contribution in [3.05, 3.63) is 23.8 Å². The van der Waals surface area contributed by atoms with Crippen LogP contribution in [0.25, 0.3) is 0 Å². The lowest BCUT2D eigenvalue weighted by molar-refractivity contribution is -0.133. The summed E-state index contributed by atoms with van der Waals surface area (Å²) >= 11 is 0. The zero-order chi connectivity index (χ0) is 15.3. The minimum Gasteiger partial charge on any atom is -0.482 e. The Kier molecular flexibility index (Phi) is 5.37. The molecular weight excluding hydrogens is 260 g/mol. The summed E-state index contributed by atoms with van der Waals surface area (Å²) < 4.78 is 10.00. The van der Waals surface area contributed by atoms with Crippen LogP contribution in [0.15, 0.2) is 18.2 Å². The van der Waals surface area contributed by atoms with Crippen molar-refractivity contribution in [1.82, 2.24) is 4.90 Å². The maximum atomic E-state index is 11.8. The molecule has 1 rings (SSSR count). The highest BCUT2D eigenvalue weighted by Gasteiger charge is 2.14. The quantitative estimate of drug-likeness (QED) is 0.649. The van der Waals surface area contributed by atoms with Gasteiger partial charge in [-0.25, -0.2) is 4.79 Å². The molecule has 110 valence electrons. The van der Waals surface area contributed by atoms with E-state index < -0.39 is 5.97 Å². The predicted molar refractivity (Wildman–Crippen MR) is 75.6 cm³/mol. The van der Waals surface area contributed by atoms with E-state index >= 15 is 0 Å². The number of ether oxygens (including phenoxy) is 2. The molecule has 6 nitrogen and oxygen atoms in total.